The van der Waals surface area contributed by atoms with Gasteiger partial charge >= 0.3 is 0 Å². The van der Waals surface area contributed by atoms with Crippen LogP contribution in [0.25, 0.3) is 87.7 Å². The molecule has 0 aliphatic carbocycles. The van der Waals surface area contributed by atoms with E-state index in [2.05, 4.69) is 132 Å². The first kappa shape index (κ1) is 27.2. The van der Waals surface area contributed by atoms with Crippen LogP contribution in [0.3, 0.4) is 0 Å². The van der Waals surface area contributed by atoms with E-state index in [9.17, 15) is 0 Å². The molecule has 0 saturated heterocycles. The maximum absolute atomic E-state index is 6.34. The molecule has 0 unspecified atom stereocenters. The van der Waals surface area contributed by atoms with Crippen molar-refractivity contribution in [2.45, 2.75) is 0 Å². The van der Waals surface area contributed by atoms with Crippen molar-refractivity contribution in [2.24, 2.45) is 0 Å². The number of para-hydroxylation sites is 3. The first-order chi connectivity index (χ1) is 24.7. The Morgan fingerprint density at radius 2 is 0.820 bits per heavy atom. The zero-order valence-corrected chi connectivity index (χ0v) is 26.8. The predicted molar refractivity (Wildman–Crippen MR) is 206 cm³/mol. The lowest BCUT2D eigenvalue weighted by Gasteiger charge is -2.25. The number of rotatable bonds is 4. The zero-order chi connectivity index (χ0) is 32.8. The fourth-order valence-electron chi connectivity index (χ4n) is 7.65. The molecule has 0 atom stereocenters. The van der Waals surface area contributed by atoms with Gasteiger partial charge in [0.15, 0.2) is 0 Å². The van der Waals surface area contributed by atoms with Gasteiger partial charge < -0.3 is 18.2 Å². The normalized spacial score (nSPS) is 12.0. The zero-order valence-electron chi connectivity index (χ0n) is 26.8. The average Bonchev–Trinajstić information content (AvgIpc) is 3.86. The lowest BCUT2D eigenvalue weighted by atomic mass is 9.99. The third-order valence-electron chi connectivity index (χ3n) is 10.1. The Balaban J connectivity index is 1.04. The highest BCUT2D eigenvalue weighted by atomic mass is 16.3. The molecule has 0 spiro atoms. The third-order valence-corrected chi connectivity index (χ3v) is 10.1. The van der Waals surface area contributed by atoms with E-state index in [-0.39, 0.29) is 0 Å². The predicted octanol–water partition coefficient (Wildman–Crippen LogP) is 13.7. The van der Waals surface area contributed by atoms with Crippen LogP contribution in [0.1, 0.15) is 0 Å². The smallest absolute Gasteiger partial charge is 0.143 e. The van der Waals surface area contributed by atoms with Crippen LogP contribution in [0.5, 0.6) is 0 Å². The second-order valence-corrected chi connectivity index (χ2v) is 12.9. The van der Waals surface area contributed by atoms with Crippen molar-refractivity contribution in [3.8, 4) is 11.1 Å². The Kier molecular flexibility index (Phi) is 5.63. The van der Waals surface area contributed by atoms with Gasteiger partial charge in [-0.05, 0) is 95.4 Å². The summed E-state index contributed by atoms with van der Waals surface area (Å²) in [6.45, 7) is 0. The van der Waals surface area contributed by atoms with Crippen molar-refractivity contribution in [1.82, 2.24) is 0 Å². The van der Waals surface area contributed by atoms with E-state index in [0.717, 1.165) is 105 Å². The third kappa shape index (κ3) is 4.06. The second-order valence-electron chi connectivity index (χ2n) is 12.9. The minimum absolute atomic E-state index is 0.856. The van der Waals surface area contributed by atoms with E-state index in [4.69, 9.17) is 13.3 Å². The first-order valence-electron chi connectivity index (χ1n) is 16.8. The molecule has 234 valence electrons. The number of hydrogen-bond donors (Lipinski definition) is 0. The van der Waals surface area contributed by atoms with Crippen molar-refractivity contribution < 1.29 is 13.3 Å². The summed E-state index contributed by atoms with van der Waals surface area (Å²) in [6.07, 6.45) is 0. The molecule has 4 heteroatoms. The van der Waals surface area contributed by atoms with Crippen molar-refractivity contribution >= 4 is 93.7 Å². The minimum atomic E-state index is 0.856. The van der Waals surface area contributed by atoms with Gasteiger partial charge in [-0.1, -0.05) is 78.9 Å². The molecule has 11 rings (SSSR count). The molecule has 3 aromatic heterocycles. The maximum Gasteiger partial charge on any atom is 0.143 e. The Morgan fingerprint density at radius 1 is 0.300 bits per heavy atom. The lowest BCUT2D eigenvalue weighted by Crippen LogP contribution is -2.09. The van der Waals surface area contributed by atoms with Crippen LogP contribution in [0.2, 0.25) is 0 Å². The van der Waals surface area contributed by atoms with E-state index in [1.807, 2.05) is 36.4 Å². The van der Waals surface area contributed by atoms with Crippen LogP contribution in [0.4, 0.5) is 17.1 Å². The van der Waals surface area contributed by atoms with Gasteiger partial charge in [-0.25, -0.2) is 0 Å². The quantitative estimate of drug-likeness (QED) is 0.192. The van der Waals surface area contributed by atoms with Crippen molar-refractivity contribution in [2.75, 3.05) is 4.90 Å². The molecule has 0 N–H and O–H groups in total. The Labute approximate surface area is 286 Å². The van der Waals surface area contributed by atoms with Crippen LogP contribution in [0, 0.1) is 0 Å². The van der Waals surface area contributed by atoms with E-state index in [0.29, 0.717) is 0 Å². The number of furan rings is 3. The van der Waals surface area contributed by atoms with Gasteiger partial charge in [0.1, 0.15) is 33.5 Å². The van der Waals surface area contributed by atoms with E-state index >= 15 is 0 Å². The highest BCUT2D eigenvalue weighted by molar-refractivity contribution is 6.15. The number of benzene rings is 8. The Morgan fingerprint density at radius 3 is 1.60 bits per heavy atom. The van der Waals surface area contributed by atoms with Crippen LogP contribution >= 0.6 is 0 Å². The van der Waals surface area contributed by atoms with E-state index in [1.54, 1.807) is 0 Å². The highest BCUT2D eigenvalue weighted by Crippen LogP contribution is 2.42. The summed E-state index contributed by atoms with van der Waals surface area (Å²) in [6, 6.07) is 57.3. The summed E-state index contributed by atoms with van der Waals surface area (Å²) in [7, 11) is 0. The van der Waals surface area contributed by atoms with Crippen molar-refractivity contribution in [1.29, 1.82) is 0 Å². The van der Waals surface area contributed by atoms with Gasteiger partial charge in [0, 0.05) is 60.8 Å². The molecular formula is C46H27NO3. The lowest BCUT2D eigenvalue weighted by molar-refractivity contribution is 0.668. The summed E-state index contributed by atoms with van der Waals surface area (Å²) in [5, 5.41) is 8.97. The fraction of sp³-hybridized carbons (Fsp3) is 0. The summed E-state index contributed by atoms with van der Waals surface area (Å²) >= 11 is 0. The fourth-order valence-corrected chi connectivity index (χ4v) is 7.65. The van der Waals surface area contributed by atoms with Gasteiger partial charge in [-0.15, -0.1) is 0 Å². The van der Waals surface area contributed by atoms with Crippen LogP contribution < -0.4 is 4.90 Å². The highest BCUT2D eigenvalue weighted by Gasteiger charge is 2.18. The molecular weight excluding hydrogens is 615 g/mol. The Bertz CT molecular complexity index is 3110. The van der Waals surface area contributed by atoms with Gasteiger partial charge in [0.25, 0.3) is 0 Å². The van der Waals surface area contributed by atoms with Gasteiger partial charge in [-0.3, -0.25) is 0 Å². The largest absolute Gasteiger partial charge is 0.456 e. The summed E-state index contributed by atoms with van der Waals surface area (Å²) in [4.78, 5) is 2.29. The summed E-state index contributed by atoms with van der Waals surface area (Å²) in [5.41, 5.74) is 10.7. The van der Waals surface area contributed by atoms with Gasteiger partial charge in [-0.2, -0.15) is 0 Å². The van der Waals surface area contributed by atoms with Gasteiger partial charge in [0.05, 0.1) is 0 Å². The average molecular weight is 642 g/mol. The number of nitrogens with zero attached hydrogens (tertiary/aromatic N) is 1. The molecule has 0 saturated carbocycles. The minimum Gasteiger partial charge on any atom is -0.456 e. The van der Waals surface area contributed by atoms with E-state index < -0.39 is 0 Å². The molecule has 50 heavy (non-hydrogen) atoms. The van der Waals surface area contributed by atoms with Crippen LogP contribution in [-0.4, -0.2) is 0 Å². The molecule has 0 bridgehead atoms. The van der Waals surface area contributed by atoms with Crippen molar-refractivity contribution in [3.63, 3.8) is 0 Å². The second kappa shape index (κ2) is 10.4. The molecule has 8 aromatic carbocycles. The first-order valence-corrected chi connectivity index (χ1v) is 16.8. The summed E-state index contributed by atoms with van der Waals surface area (Å²) < 4.78 is 18.8. The number of fused-ring (bicyclic) bond motifs is 11. The SMILES string of the molecule is c1ccc2c(c1)oc1cc(N(c3ccc(-c4ccc5c(ccc6c7ccccc7oc56)c4)cc3)c3ccc4oc5ccccc5c4c3)ccc12. The van der Waals surface area contributed by atoms with Crippen LogP contribution in [-0.2, 0) is 0 Å². The molecule has 3 heterocycles. The topological polar surface area (TPSA) is 42.7 Å². The summed E-state index contributed by atoms with van der Waals surface area (Å²) in [5.74, 6) is 0. The molecule has 11 aromatic rings. The number of hydrogen-bond acceptors (Lipinski definition) is 4. The number of anilines is 3. The standard InChI is InChI=1S/C46H27NO3/c1-4-10-41-35(7-1)38-23-19-33(27-45(38)49-41)47(32-20-24-44-40(26-32)37-9-3-5-11-42(37)48-44)31-17-13-28(14-18-31)29-15-21-34-30(25-29)16-22-39-36-8-2-6-12-43(36)50-46(34)39/h1-27H. The maximum atomic E-state index is 6.34. The molecule has 0 radical (unpaired) electrons. The monoisotopic (exact) mass is 641 g/mol. The van der Waals surface area contributed by atoms with Crippen LogP contribution in [0.15, 0.2) is 177 Å². The molecule has 0 aliphatic rings. The van der Waals surface area contributed by atoms with Crippen molar-refractivity contribution in [3.05, 3.63) is 164 Å². The van der Waals surface area contributed by atoms with E-state index in [1.165, 1.54) is 0 Å². The molecule has 0 amide bonds. The Hall–Kier alpha value is -6.78. The molecule has 0 aliphatic heterocycles. The molecule has 0 fully saturated rings. The van der Waals surface area contributed by atoms with Gasteiger partial charge in [0.2, 0.25) is 0 Å². The molecule has 4 nitrogen and oxygen atoms in total.